The number of carbonyl (C=O) groups excluding carboxylic acids is 2. The van der Waals surface area contributed by atoms with Crippen molar-refractivity contribution in [2.45, 2.75) is 66.1 Å². The summed E-state index contributed by atoms with van der Waals surface area (Å²) in [6.45, 7) is 8.60. The molecule has 0 aliphatic carbocycles. The van der Waals surface area contributed by atoms with Gasteiger partial charge in [0.05, 0.1) is 12.0 Å². The zero-order valence-electron chi connectivity index (χ0n) is 13.4. The van der Waals surface area contributed by atoms with Gasteiger partial charge in [0.2, 0.25) is 0 Å². The molecule has 21 heavy (non-hydrogen) atoms. The van der Waals surface area contributed by atoms with E-state index in [1.54, 1.807) is 13.8 Å². The second-order valence-electron chi connectivity index (χ2n) is 5.70. The van der Waals surface area contributed by atoms with Gasteiger partial charge < -0.3 is 14.6 Å². The summed E-state index contributed by atoms with van der Waals surface area (Å²) in [6.07, 6.45) is -0.103. The molecule has 1 N–H and O–H groups in total. The second-order valence-corrected chi connectivity index (χ2v) is 5.70. The van der Waals surface area contributed by atoms with Gasteiger partial charge in [0, 0.05) is 6.42 Å². The standard InChI is InChI=1S/C15H26O6/c1-9(2)12(15(19)21-11(5)14(17)18)7-6-8-13(16)20-10(3)4/h9-12H,6-8H2,1-5H3,(H,17,18). The Kier molecular flexibility index (Phi) is 8.66. The summed E-state index contributed by atoms with van der Waals surface area (Å²) in [5, 5.41) is 8.75. The van der Waals surface area contributed by atoms with Crippen molar-refractivity contribution in [2.24, 2.45) is 11.8 Å². The lowest BCUT2D eigenvalue weighted by molar-refractivity contribution is -0.167. The number of rotatable bonds is 9. The Balaban J connectivity index is 4.34. The molecule has 0 rings (SSSR count). The van der Waals surface area contributed by atoms with Crippen molar-refractivity contribution in [1.82, 2.24) is 0 Å². The van der Waals surface area contributed by atoms with Gasteiger partial charge in [-0.3, -0.25) is 9.59 Å². The average Bonchev–Trinajstić information content (AvgIpc) is 2.32. The highest BCUT2D eigenvalue weighted by Gasteiger charge is 2.27. The quantitative estimate of drug-likeness (QED) is 0.658. The molecule has 0 spiro atoms. The molecular weight excluding hydrogens is 276 g/mol. The Morgan fingerprint density at radius 3 is 2.00 bits per heavy atom. The summed E-state index contributed by atoms with van der Waals surface area (Å²) >= 11 is 0. The van der Waals surface area contributed by atoms with Crippen LogP contribution < -0.4 is 0 Å². The fourth-order valence-electron chi connectivity index (χ4n) is 1.82. The third kappa shape index (κ3) is 8.32. The highest BCUT2D eigenvalue weighted by atomic mass is 16.6. The topological polar surface area (TPSA) is 89.9 Å². The van der Waals surface area contributed by atoms with Crippen molar-refractivity contribution in [1.29, 1.82) is 0 Å². The zero-order valence-corrected chi connectivity index (χ0v) is 13.4. The fraction of sp³-hybridized carbons (Fsp3) is 0.800. The van der Waals surface area contributed by atoms with Gasteiger partial charge in [0.15, 0.2) is 6.10 Å². The van der Waals surface area contributed by atoms with Crippen LogP contribution in [0.25, 0.3) is 0 Å². The molecule has 0 aromatic rings. The molecule has 2 unspecified atom stereocenters. The first-order chi connectivity index (χ1) is 9.65. The minimum Gasteiger partial charge on any atom is -0.479 e. The van der Waals surface area contributed by atoms with Crippen LogP contribution in [0.15, 0.2) is 0 Å². The van der Waals surface area contributed by atoms with Gasteiger partial charge in [-0.05, 0) is 39.5 Å². The summed E-state index contributed by atoms with van der Waals surface area (Å²) in [4.78, 5) is 34.1. The van der Waals surface area contributed by atoms with E-state index in [1.165, 1.54) is 6.92 Å². The third-order valence-electron chi connectivity index (χ3n) is 3.01. The number of aliphatic carboxylic acids is 1. The molecule has 2 atom stereocenters. The predicted molar refractivity (Wildman–Crippen MR) is 76.6 cm³/mol. The lowest BCUT2D eigenvalue weighted by Gasteiger charge is -2.20. The number of hydrogen-bond donors (Lipinski definition) is 1. The predicted octanol–water partition coefficient (Wildman–Crippen LogP) is 2.40. The molecule has 0 aliphatic rings. The summed E-state index contributed by atoms with van der Waals surface area (Å²) in [5.41, 5.74) is 0. The molecule has 6 nitrogen and oxygen atoms in total. The van der Waals surface area contributed by atoms with Crippen molar-refractivity contribution >= 4 is 17.9 Å². The SMILES string of the molecule is CC(C)OC(=O)CCCC(C(=O)OC(C)C(=O)O)C(C)C. The molecule has 122 valence electrons. The average molecular weight is 302 g/mol. The number of ether oxygens (including phenoxy) is 2. The van der Waals surface area contributed by atoms with E-state index in [4.69, 9.17) is 14.6 Å². The van der Waals surface area contributed by atoms with Crippen LogP contribution in [0.5, 0.6) is 0 Å². The van der Waals surface area contributed by atoms with E-state index in [0.717, 1.165) is 0 Å². The van der Waals surface area contributed by atoms with Crippen LogP contribution in [-0.2, 0) is 23.9 Å². The Labute approximate surface area is 125 Å². The van der Waals surface area contributed by atoms with Crippen molar-refractivity contribution in [2.75, 3.05) is 0 Å². The second kappa shape index (κ2) is 9.37. The Morgan fingerprint density at radius 2 is 1.57 bits per heavy atom. The van der Waals surface area contributed by atoms with E-state index >= 15 is 0 Å². The maximum atomic E-state index is 12.0. The number of carboxylic acid groups (broad SMARTS) is 1. The van der Waals surface area contributed by atoms with Crippen LogP contribution in [0.4, 0.5) is 0 Å². The normalized spacial score (nSPS) is 13.9. The Morgan fingerprint density at radius 1 is 1.00 bits per heavy atom. The molecule has 0 aromatic heterocycles. The Hall–Kier alpha value is -1.59. The maximum absolute atomic E-state index is 12.0. The van der Waals surface area contributed by atoms with Gasteiger partial charge in [-0.1, -0.05) is 13.8 Å². The van der Waals surface area contributed by atoms with Gasteiger partial charge >= 0.3 is 17.9 Å². The lowest BCUT2D eigenvalue weighted by atomic mass is 9.90. The monoisotopic (exact) mass is 302 g/mol. The lowest BCUT2D eigenvalue weighted by Crippen LogP contribution is -2.30. The van der Waals surface area contributed by atoms with E-state index in [1.807, 2.05) is 13.8 Å². The van der Waals surface area contributed by atoms with Crippen LogP contribution in [0.2, 0.25) is 0 Å². The number of carbonyl (C=O) groups is 3. The number of hydrogen-bond acceptors (Lipinski definition) is 5. The van der Waals surface area contributed by atoms with Crippen LogP contribution in [0, 0.1) is 11.8 Å². The van der Waals surface area contributed by atoms with Crippen molar-refractivity contribution in [3.63, 3.8) is 0 Å². The van der Waals surface area contributed by atoms with Gasteiger partial charge in [-0.25, -0.2) is 4.79 Å². The molecule has 0 bridgehead atoms. The molecule has 6 heteroatoms. The highest BCUT2D eigenvalue weighted by molar-refractivity contribution is 5.79. The number of carboxylic acids is 1. The minimum absolute atomic E-state index is 0.0135. The smallest absolute Gasteiger partial charge is 0.344 e. The first-order valence-electron chi connectivity index (χ1n) is 7.27. The van der Waals surface area contributed by atoms with Crippen LogP contribution in [0.3, 0.4) is 0 Å². The van der Waals surface area contributed by atoms with E-state index in [0.29, 0.717) is 12.8 Å². The summed E-state index contributed by atoms with van der Waals surface area (Å²) in [6, 6.07) is 0. The molecule has 0 amide bonds. The van der Waals surface area contributed by atoms with Gasteiger partial charge in [0.25, 0.3) is 0 Å². The van der Waals surface area contributed by atoms with E-state index < -0.39 is 24.0 Å². The molecule has 0 saturated carbocycles. The first-order valence-corrected chi connectivity index (χ1v) is 7.27. The fourth-order valence-corrected chi connectivity index (χ4v) is 1.82. The molecule has 0 saturated heterocycles. The van der Waals surface area contributed by atoms with Gasteiger partial charge in [-0.2, -0.15) is 0 Å². The number of esters is 2. The first kappa shape index (κ1) is 19.4. The summed E-state index contributed by atoms with van der Waals surface area (Å²) < 4.78 is 9.92. The molecule has 0 heterocycles. The van der Waals surface area contributed by atoms with Crippen LogP contribution in [0.1, 0.15) is 53.9 Å². The van der Waals surface area contributed by atoms with Crippen molar-refractivity contribution in [3.05, 3.63) is 0 Å². The van der Waals surface area contributed by atoms with Gasteiger partial charge in [-0.15, -0.1) is 0 Å². The summed E-state index contributed by atoms with van der Waals surface area (Å²) in [7, 11) is 0. The van der Waals surface area contributed by atoms with Crippen molar-refractivity contribution < 1.29 is 29.0 Å². The third-order valence-corrected chi connectivity index (χ3v) is 3.01. The molecule has 0 fully saturated rings. The maximum Gasteiger partial charge on any atom is 0.344 e. The van der Waals surface area contributed by atoms with Crippen LogP contribution in [-0.4, -0.2) is 35.2 Å². The van der Waals surface area contributed by atoms with E-state index in [9.17, 15) is 14.4 Å². The van der Waals surface area contributed by atoms with Crippen LogP contribution >= 0.6 is 0 Å². The highest BCUT2D eigenvalue weighted by Crippen LogP contribution is 2.21. The molecular formula is C15H26O6. The molecule has 0 radical (unpaired) electrons. The Bertz CT molecular complexity index is 361. The van der Waals surface area contributed by atoms with Crippen molar-refractivity contribution in [3.8, 4) is 0 Å². The largest absolute Gasteiger partial charge is 0.479 e. The summed E-state index contributed by atoms with van der Waals surface area (Å²) in [5.74, 6) is -2.40. The molecule has 0 aliphatic heterocycles. The van der Waals surface area contributed by atoms with Gasteiger partial charge in [0.1, 0.15) is 0 Å². The molecule has 0 aromatic carbocycles. The minimum atomic E-state index is -1.17. The van der Waals surface area contributed by atoms with E-state index in [-0.39, 0.29) is 24.4 Å². The zero-order chi connectivity index (χ0) is 16.6. The van der Waals surface area contributed by atoms with E-state index in [2.05, 4.69) is 0 Å².